The van der Waals surface area contributed by atoms with E-state index in [0.717, 1.165) is 68.9 Å². The minimum absolute atomic E-state index is 0.0196. The first kappa shape index (κ1) is 83.3. The van der Waals surface area contributed by atoms with Gasteiger partial charge in [-0.2, -0.15) is 23.5 Å². The summed E-state index contributed by atoms with van der Waals surface area (Å²) < 4.78 is 31.7. The molecule has 4 fully saturated rings. The number of phenolic OH excluding ortho intramolecular Hbond substituents is 1. The number of aromatic hydroxyl groups is 1. The number of unbranched alkanes of at least 4 members (excludes halogenated alkanes) is 1. The highest BCUT2D eigenvalue weighted by Crippen LogP contribution is 2.56. The molecular formula is C78H105F2N15O13S2. The third-order valence-electron chi connectivity index (χ3n) is 22.1. The molecule has 10 rings (SSSR count). The molecule has 3 aromatic carbocycles. The number of thioether (sulfide) groups is 2. The second-order valence-electron chi connectivity index (χ2n) is 29.9. The predicted octanol–water partition coefficient (Wildman–Crippen LogP) is 4.55. The number of alkyl halides is 1. The summed E-state index contributed by atoms with van der Waals surface area (Å²) in [6.07, 6.45) is 12.0. The number of aromatic nitrogens is 3. The standard InChI is InChI=1S/C78H105F2N15O13S2/c79-52-20-24-57-56(34-52)49(38-84-57)32-59-72(103)90-60(33-51-39-85-66-25-21-53(80)37-78(51,66)50-14-6-4-2-1-3-5-7-15-50)73(104)92-62(36-69(99)100)75(106)91-61(35-54-40-83-45-87-54)74(105)93-63(31-46-18-22-55(96)23-19-46)77(108)95-28-11-17-65(95)76(107)94-64(70(82)101)44-110-43-48-13-10-12-47(30-48)42-109-29-26-67(97)88-58(16-8-9-27-81)71(102)86-41-68(98)89-59/h10,12-13,18-20,22-24,30,34,38,40,45,50-51,53,58-66,84-85,96H,1-9,11,14-17,21,25-29,31-33,35-37,39,41-44,81H2,(H2,82,101)(H,83,87)(H,86,102)(H,88,97)(H,89,98)(H,90,103)(H,91,106)(H,92,104)(H,93,105)(H,94,107)(H,99,100)/t51?,53?,58-,59-,60-,61+,62-,63-,64-,65-,66?,78?/m0/s1. The summed E-state index contributed by atoms with van der Waals surface area (Å²) in [5.74, 6) is -9.89. The lowest BCUT2D eigenvalue weighted by atomic mass is 9.55. The van der Waals surface area contributed by atoms with E-state index in [1.165, 1.54) is 89.6 Å². The maximum Gasteiger partial charge on any atom is 0.305 e. The number of imidazole rings is 1. The van der Waals surface area contributed by atoms with Crippen molar-refractivity contribution in [2.75, 3.05) is 37.7 Å². The Morgan fingerprint density at radius 3 is 2.05 bits per heavy atom. The average molecular weight is 1560 g/mol. The van der Waals surface area contributed by atoms with Gasteiger partial charge in [-0.25, -0.2) is 13.8 Å². The number of amides is 10. The van der Waals surface area contributed by atoms with Crippen molar-refractivity contribution in [1.29, 1.82) is 0 Å². The van der Waals surface area contributed by atoms with Gasteiger partial charge in [0.25, 0.3) is 0 Å². The second-order valence-corrected chi connectivity index (χ2v) is 32.0. The van der Waals surface area contributed by atoms with Gasteiger partial charge in [-0.05, 0) is 154 Å². The fourth-order valence-electron chi connectivity index (χ4n) is 16.5. The smallest absolute Gasteiger partial charge is 0.305 e. The van der Waals surface area contributed by atoms with E-state index in [-0.39, 0.29) is 87.9 Å². The van der Waals surface area contributed by atoms with E-state index in [2.05, 4.69) is 62.8 Å². The number of nitrogens with two attached hydrogens (primary N) is 2. The van der Waals surface area contributed by atoms with Crippen LogP contribution in [0.25, 0.3) is 10.9 Å². The van der Waals surface area contributed by atoms with Crippen molar-refractivity contribution in [3.05, 3.63) is 119 Å². The summed E-state index contributed by atoms with van der Waals surface area (Å²) in [6, 6.07) is 5.49. The Morgan fingerprint density at radius 1 is 0.664 bits per heavy atom. The van der Waals surface area contributed by atoms with E-state index in [4.69, 9.17) is 11.5 Å². The number of hydrogen-bond donors (Lipinski definition) is 15. The van der Waals surface area contributed by atoms with Gasteiger partial charge in [0, 0.05) is 90.3 Å². The normalized spacial score (nSPS) is 27.3. The van der Waals surface area contributed by atoms with Gasteiger partial charge in [-0.3, -0.25) is 52.7 Å². The zero-order chi connectivity index (χ0) is 78.3. The number of carboxylic acid groups (broad SMARTS) is 1. The average Bonchev–Trinajstić information content (AvgIpc) is 1.53. The first-order chi connectivity index (χ1) is 53.0. The first-order valence-electron chi connectivity index (χ1n) is 38.5. The van der Waals surface area contributed by atoms with Gasteiger partial charge in [-0.1, -0.05) is 81.3 Å². The number of primary amides is 1. The number of nitrogens with zero attached hydrogens (tertiary/aromatic N) is 2. The summed E-state index contributed by atoms with van der Waals surface area (Å²) in [4.78, 5) is 171. The van der Waals surface area contributed by atoms with Crippen LogP contribution in [0.5, 0.6) is 5.75 Å². The third kappa shape index (κ3) is 23.2. The second kappa shape index (κ2) is 40.7. The molecule has 2 saturated heterocycles. The Balaban J connectivity index is 1.01. The number of hydrogen-bond acceptors (Lipinski definition) is 17. The van der Waals surface area contributed by atoms with Gasteiger partial charge in [0.15, 0.2) is 0 Å². The zero-order valence-corrected chi connectivity index (χ0v) is 63.6. The van der Waals surface area contributed by atoms with Crippen LogP contribution in [0.3, 0.4) is 0 Å². The predicted molar refractivity (Wildman–Crippen MR) is 411 cm³/mol. The molecule has 2 aliphatic carbocycles. The molecule has 5 aromatic rings. The van der Waals surface area contributed by atoms with Crippen LogP contribution < -0.4 is 59.3 Å². The number of phenols is 1. The highest BCUT2D eigenvalue weighted by atomic mass is 32.2. The summed E-state index contributed by atoms with van der Waals surface area (Å²) in [5.41, 5.74) is 14.4. The van der Waals surface area contributed by atoms with Gasteiger partial charge in [0.2, 0.25) is 59.1 Å². The number of fused-ring (bicyclic) bond motifs is 5. The molecule has 12 atom stereocenters. The Morgan fingerprint density at radius 2 is 1.34 bits per heavy atom. The van der Waals surface area contributed by atoms with Crippen LogP contribution in [0.15, 0.2) is 85.5 Å². The quantitative estimate of drug-likeness (QED) is 0.0602. The molecule has 5 heterocycles. The lowest BCUT2D eigenvalue weighted by Crippen LogP contribution is -2.61. The molecule has 4 unspecified atom stereocenters. The molecule has 5 aliphatic rings. The van der Waals surface area contributed by atoms with Crippen molar-refractivity contribution in [2.45, 2.75) is 220 Å². The molecule has 596 valence electrons. The number of rotatable bonds is 16. The van der Waals surface area contributed by atoms with Crippen LogP contribution in [-0.4, -0.2) is 193 Å². The highest BCUT2D eigenvalue weighted by Gasteiger charge is 2.57. The van der Waals surface area contributed by atoms with E-state index in [1.54, 1.807) is 0 Å². The van der Waals surface area contributed by atoms with Crippen molar-refractivity contribution < 1.29 is 71.7 Å². The molecular weight excluding hydrogens is 1460 g/mol. The number of benzene rings is 3. The van der Waals surface area contributed by atoms with Crippen molar-refractivity contribution in [3.63, 3.8) is 0 Å². The van der Waals surface area contributed by atoms with Gasteiger partial charge in [0.1, 0.15) is 66.1 Å². The Kier molecular flexibility index (Phi) is 30.8. The third-order valence-corrected chi connectivity index (χ3v) is 24.2. The number of nitrogens with one attached hydrogen (secondary N) is 11. The van der Waals surface area contributed by atoms with Crippen LogP contribution in [0.1, 0.15) is 156 Å². The molecule has 17 N–H and O–H groups in total. The van der Waals surface area contributed by atoms with Crippen LogP contribution in [-0.2, 0) is 83.5 Å². The van der Waals surface area contributed by atoms with Crippen LogP contribution >= 0.6 is 23.5 Å². The molecule has 32 heteroatoms. The Hall–Kier alpha value is -9.14. The molecule has 28 nitrogen and oxygen atoms in total. The topological polar surface area (TPSA) is 436 Å². The molecule has 0 spiro atoms. The number of H-pyrrole nitrogens is 2. The molecule has 10 amide bonds. The summed E-state index contributed by atoms with van der Waals surface area (Å²) in [6.45, 7) is -0.0673. The molecule has 2 saturated carbocycles. The number of aliphatic carboxylic acids is 1. The van der Waals surface area contributed by atoms with E-state index in [9.17, 15) is 39.0 Å². The van der Waals surface area contributed by atoms with Crippen LogP contribution in [0, 0.1) is 23.1 Å². The van der Waals surface area contributed by atoms with Crippen LogP contribution in [0.2, 0.25) is 0 Å². The van der Waals surface area contributed by atoms with Crippen molar-refractivity contribution in [2.24, 2.45) is 28.7 Å². The summed E-state index contributed by atoms with van der Waals surface area (Å²) >= 11 is 2.82. The maximum atomic E-state index is 16.6. The Bertz CT molecular complexity index is 4000. The molecule has 2 aromatic heterocycles. The van der Waals surface area contributed by atoms with Crippen molar-refractivity contribution >= 4 is 99.5 Å². The maximum absolute atomic E-state index is 16.6. The van der Waals surface area contributed by atoms with E-state index >= 15 is 32.8 Å². The number of carbonyl (C=O) groups excluding carboxylic acids is 10. The fourth-order valence-corrected chi connectivity index (χ4v) is 18.4. The van der Waals surface area contributed by atoms with E-state index in [0.29, 0.717) is 83.6 Å². The highest BCUT2D eigenvalue weighted by molar-refractivity contribution is 7.98. The SMILES string of the molecule is NCCCC[C@@H]1NC(=O)CCSCc2cccc(c2)CSC[C@@H](C(N)=O)NC(=O)[C@@H]2CCCN2C(=O)[C@H](Cc2ccc(O)cc2)NC(=O)[C@@H](Cc2cnc[nH]2)NC(=O)[C@H](CC(=O)O)NC(=O)[C@H](CC2CNC3CCC(F)CC23C2CCCCCCCCC2)NC(=O)[C@H](Cc2c[nH]c3ccc(F)cc23)NC(=O)CNC1=O. The van der Waals surface area contributed by atoms with Crippen LogP contribution in [0.4, 0.5) is 8.78 Å². The number of halogens is 2. The van der Waals surface area contributed by atoms with E-state index in [1.807, 2.05) is 24.3 Å². The number of aromatic amines is 2. The van der Waals surface area contributed by atoms with Gasteiger partial charge in [0.05, 0.1) is 19.3 Å². The van der Waals surface area contributed by atoms with Crippen molar-refractivity contribution in [3.8, 4) is 5.75 Å². The monoisotopic (exact) mass is 1560 g/mol. The minimum Gasteiger partial charge on any atom is -0.508 e. The lowest BCUT2D eigenvalue weighted by Gasteiger charge is -2.50. The molecule has 0 radical (unpaired) electrons. The number of carboxylic acids is 1. The summed E-state index contributed by atoms with van der Waals surface area (Å²) in [7, 11) is 0. The molecule has 2 bridgehead atoms. The molecule has 3 aliphatic heterocycles. The fraction of sp³-hybridized carbons (Fsp3) is 0.564. The summed E-state index contributed by atoms with van der Waals surface area (Å²) in [5, 5.41) is 46.7. The van der Waals surface area contributed by atoms with E-state index < -0.39 is 150 Å². The minimum atomic E-state index is -2.00. The lowest BCUT2D eigenvalue weighted by molar-refractivity contribution is -0.143. The van der Waals surface area contributed by atoms with Gasteiger partial charge < -0.3 is 84.4 Å². The largest absolute Gasteiger partial charge is 0.508 e. The zero-order valence-electron chi connectivity index (χ0n) is 61.9. The van der Waals surface area contributed by atoms with Crippen molar-refractivity contribution in [1.82, 2.24) is 67.7 Å². The number of carbonyl (C=O) groups is 11. The molecule has 110 heavy (non-hydrogen) atoms. The first-order valence-corrected chi connectivity index (χ1v) is 40.9. The van der Waals surface area contributed by atoms with Gasteiger partial charge in [-0.15, -0.1) is 0 Å². The Labute approximate surface area is 646 Å². The van der Waals surface area contributed by atoms with Gasteiger partial charge >= 0.3 is 5.97 Å².